The Hall–Kier alpha value is -0.500. The average Bonchev–Trinajstić information content (AvgIpc) is 3.16. The third-order valence-corrected chi connectivity index (χ3v) is 12.1. The second-order valence-electron chi connectivity index (χ2n) is 18.2. The van der Waals surface area contributed by atoms with Crippen molar-refractivity contribution in [3.8, 4) is 0 Å². The van der Waals surface area contributed by atoms with Gasteiger partial charge in [-0.25, -0.2) is 0 Å². The first kappa shape index (κ1) is 56.5. The quantitative estimate of drug-likeness (QED) is 0.0261. The molecule has 9 heteroatoms. The van der Waals surface area contributed by atoms with Crippen molar-refractivity contribution in [1.29, 1.82) is 0 Å². The van der Waals surface area contributed by atoms with E-state index in [-0.39, 0.29) is 25.8 Å². The molecule has 0 aliphatic heterocycles. The number of unbranched alkanes of at least 4 members (excludes halogenated alkanes) is 33. The van der Waals surface area contributed by atoms with E-state index in [1.807, 2.05) is 21.1 Å². The summed E-state index contributed by atoms with van der Waals surface area (Å²) in [6, 6.07) is 0. The smallest absolute Gasteiger partial charge is 0.306 e. The Bertz CT molecular complexity index is 883. The summed E-state index contributed by atoms with van der Waals surface area (Å²) in [6.45, 7) is 5.48. The van der Waals surface area contributed by atoms with E-state index in [2.05, 4.69) is 13.8 Å². The van der Waals surface area contributed by atoms with Gasteiger partial charge in [-0.15, -0.1) is 0 Å². The fraction of sp³-hybridized carbons (Fsp3) is 0.979. The van der Waals surface area contributed by atoms with E-state index < -0.39 is 13.9 Å². The molecule has 0 rings (SSSR count). The highest BCUT2D eigenvalue weighted by molar-refractivity contribution is 7.45. The summed E-state index contributed by atoms with van der Waals surface area (Å²) in [5.74, 6) is -0.326. The van der Waals surface area contributed by atoms with Crippen molar-refractivity contribution >= 4 is 13.8 Å². The number of ether oxygens (including phenoxy) is 2. The Morgan fingerprint density at radius 3 is 1.16 bits per heavy atom. The molecule has 2 atom stereocenters. The predicted octanol–water partition coefficient (Wildman–Crippen LogP) is 14.2. The molecule has 0 N–H and O–H groups in total. The summed E-state index contributed by atoms with van der Waals surface area (Å²) in [4.78, 5) is 25.1. The van der Waals surface area contributed by atoms with E-state index in [1.165, 1.54) is 193 Å². The summed E-state index contributed by atoms with van der Waals surface area (Å²) in [5, 5.41) is 0. The lowest BCUT2D eigenvalue weighted by Crippen LogP contribution is -2.37. The highest BCUT2D eigenvalue weighted by atomic mass is 31.2. The Balaban J connectivity index is 4.03. The molecule has 342 valence electrons. The number of esters is 1. The zero-order valence-electron chi connectivity index (χ0n) is 38.8. The van der Waals surface area contributed by atoms with Gasteiger partial charge in [-0.3, -0.25) is 9.36 Å². The second-order valence-corrected chi connectivity index (χ2v) is 19.6. The van der Waals surface area contributed by atoms with E-state index >= 15 is 0 Å². The predicted molar refractivity (Wildman–Crippen MR) is 241 cm³/mol. The molecule has 57 heavy (non-hydrogen) atoms. The molecule has 0 fully saturated rings. The van der Waals surface area contributed by atoms with Crippen molar-refractivity contribution < 1.29 is 37.3 Å². The number of phosphoric acid groups is 1. The molecule has 0 aromatic carbocycles. The Labute approximate surface area is 355 Å². The van der Waals surface area contributed by atoms with Crippen LogP contribution in [-0.2, 0) is 27.9 Å². The largest absolute Gasteiger partial charge is 0.756 e. The van der Waals surface area contributed by atoms with Crippen LogP contribution in [0, 0.1) is 0 Å². The molecule has 0 heterocycles. The topological polar surface area (TPSA) is 94.1 Å². The van der Waals surface area contributed by atoms with E-state index in [9.17, 15) is 14.3 Å². The fourth-order valence-electron chi connectivity index (χ4n) is 7.31. The molecule has 0 radical (unpaired) electrons. The molecule has 0 aromatic heterocycles. The normalized spacial score (nSPS) is 13.6. The summed E-state index contributed by atoms with van der Waals surface area (Å²) in [7, 11) is 1.38. The maximum absolute atomic E-state index is 12.7. The first-order valence-corrected chi connectivity index (χ1v) is 26.2. The van der Waals surface area contributed by atoms with Gasteiger partial charge in [-0.2, -0.15) is 0 Å². The minimum absolute atomic E-state index is 0.0315. The Morgan fingerprint density at radius 1 is 0.474 bits per heavy atom. The van der Waals surface area contributed by atoms with Gasteiger partial charge in [-0.1, -0.05) is 226 Å². The molecular weight excluding hydrogens is 734 g/mol. The number of carbonyl (C=O) groups excluding carboxylic acids is 1. The zero-order valence-corrected chi connectivity index (χ0v) is 39.7. The summed E-state index contributed by atoms with van der Waals surface area (Å²) in [5.41, 5.74) is 0. The summed E-state index contributed by atoms with van der Waals surface area (Å²) < 4.78 is 34.7. The monoisotopic (exact) mass is 832 g/mol. The lowest BCUT2D eigenvalue weighted by atomic mass is 10.0. The van der Waals surface area contributed by atoms with E-state index in [0.717, 1.165) is 32.1 Å². The van der Waals surface area contributed by atoms with Gasteiger partial charge in [-0.05, 0) is 12.8 Å². The molecule has 0 aromatic rings. The first-order valence-electron chi connectivity index (χ1n) is 24.8. The molecular formula is C48H98NO7P. The van der Waals surface area contributed by atoms with Crippen LogP contribution in [-0.4, -0.2) is 70.7 Å². The molecule has 0 spiro atoms. The van der Waals surface area contributed by atoms with Gasteiger partial charge in [0.1, 0.15) is 19.3 Å². The van der Waals surface area contributed by atoms with E-state index in [4.69, 9.17) is 18.5 Å². The maximum Gasteiger partial charge on any atom is 0.306 e. The summed E-state index contributed by atoms with van der Waals surface area (Å²) in [6.07, 6.45) is 45.5. The molecule has 0 aliphatic carbocycles. The van der Waals surface area contributed by atoms with Gasteiger partial charge in [0.15, 0.2) is 0 Å². The molecule has 0 saturated carbocycles. The zero-order chi connectivity index (χ0) is 42.0. The Kier molecular flexibility index (Phi) is 41.8. The molecule has 0 aliphatic rings. The van der Waals surface area contributed by atoms with Crippen LogP contribution >= 0.6 is 7.82 Å². The van der Waals surface area contributed by atoms with Crippen molar-refractivity contribution in [2.75, 3.05) is 54.1 Å². The van der Waals surface area contributed by atoms with Crippen molar-refractivity contribution in [3.05, 3.63) is 0 Å². The number of likely N-dealkylation sites (N-methyl/N-ethyl adjacent to an activating group) is 1. The standard InChI is InChI=1S/C48H98NO7P/c1-6-8-10-12-14-16-18-20-21-22-23-24-25-26-27-28-29-30-31-33-35-37-39-41-48(50)56-47(46-55-57(51,52)54-44-42-49(3,4)5)45-53-43-40-38-36-34-32-19-17-15-13-11-9-7-2/h47H,6-46H2,1-5H3. The van der Waals surface area contributed by atoms with Gasteiger partial charge in [0.2, 0.25) is 0 Å². The first-order chi connectivity index (χ1) is 27.6. The number of nitrogens with zero attached hydrogens (tertiary/aromatic N) is 1. The highest BCUT2D eigenvalue weighted by Crippen LogP contribution is 2.38. The van der Waals surface area contributed by atoms with Crippen LogP contribution in [0.4, 0.5) is 0 Å². The number of quaternary nitrogens is 1. The SMILES string of the molecule is CCCCCCCCCCCCCCCCCCCCCCCCCC(=O)OC(COCCCCCCCCCCCCCC)COP(=O)([O-])OCC[N+](C)(C)C. The van der Waals surface area contributed by atoms with Crippen molar-refractivity contribution in [2.24, 2.45) is 0 Å². The second kappa shape index (κ2) is 42.2. The molecule has 0 bridgehead atoms. The van der Waals surface area contributed by atoms with Gasteiger partial charge >= 0.3 is 5.97 Å². The van der Waals surface area contributed by atoms with Crippen molar-refractivity contribution in [3.63, 3.8) is 0 Å². The van der Waals surface area contributed by atoms with Gasteiger partial charge in [0.25, 0.3) is 7.82 Å². The molecule has 8 nitrogen and oxygen atoms in total. The lowest BCUT2D eigenvalue weighted by Gasteiger charge is -2.28. The Morgan fingerprint density at radius 2 is 0.807 bits per heavy atom. The minimum atomic E-state index is -4.52. The third kappa shape index (κ3) is 46.4. The highest BCUT2D eigenvalue weighted by Gasteiger charge is 2.20. The number of phosphoric ester groups is 1. The van der Waals surface area contributed by atoms with Crippen LogP contribution < -0.4 is 4.89 Å². The number of carbonyl (C=O) groups is 1. The van der Waals surface area contributed by atoms with Gasteiger partial charge in [0.05, 0.1) is 34.4 Å². The van der Waals surface area contributed by atoms with Gasteiger partial charge in [0, 0.05) is 13.0 Å². The van der Waals surface area contributed by atoms with Crippen LogP contribution in [0.25, 0.3) is 0 Å². The fourth-order valence-corrected chi connectivity index (χ4v) is 8.04. The van der Waals surface area contributed by atoms with Crippen LogP contribution in [0.5, 0.6) is 0 Å². The van der Waals surface area contributed by atoms with Crippen LogP contribution in [0.1, 0.15) is 245 Å². The molecule has 0 saturated heterocycles. The van der Waals surface area contributed by atoms with E-state index in [0.29, 0.717) is 24.1 Å². The summed E-state index contributed by atoms with van der Waals surface area (Å²) >= 11 is 0. The number of rotatable bonds is 47. The van der Waals surface area contributed by atoms with Crippen molar-refractivity contribution in [1.82, 2.24) is 0 Å². The minimum Gasteiger partial charge on any atom is -0.756 e. The average molecular weight is 832 g/mol. The van der Waals surface area contributed by atoms with Crippen LogP contribution in [0.15, 0.2) is 0 Å². The van der Waals surface area contributed by atoms with Crippen molar-refractivity contribution in [2.45, 2.75) is 251 Å². The number of hydrogen-bond donors (Lipinski definition) is 0. The van der Waals surface area contributed by atoms with E-state index in [1.54, 1.807) is 0 Å². The lowest BCUT2D eigenvalue weighted by molar-refractivity contribution is -0.870. The number of hydrogen-bond acceptors (Lipinski definition) is 7. The molecule has 0 amide bonds. The maximum atomic E-state index is 12.7. The third-order valence-electron chi connectivity index (χ3n) is 11.2. The van der Waals surface area contributed by atoms with Crippen LogP contribution in [0.3, 0.4) is 0 Å². The van der Waals surface area contributed by atoms with Gasteiger partial charge < -0.3 is 27.9 Å². The van der Waals surface area contributed by atoms with Crippen LogP contribution in [0.2, 0.25) is 0 Å². The molecule has 2 unspecified atom stereocenters.